The number of hydrogen-bond acceptors (Lipinski definition) is 3. The van der Waals surface area contributed by atoms with Crippen molar-refractivity contribution in [2.45, 2.75) is 6.54 Å². The molecule has 0 bridgehead atoms. The van der Waals surface area contributed by atoms with E-state index < -0.39 is 11.9 Å². The van der Waals surface area contributed by atoms with Crippen molar-refractivity contribution in [3.8, 4) is 5.75 Å². The normalized spacial score (nSPS) is 16.0. The van der Waals surface area contributed by atoms with Gasteiger partial charge in [-0.3, -0.25) is 9.69 Å². The summed E-state index contributed by atoms with van der Waals surface area (Å²) in [6.07, 6.45) is 1.46. The number of benzene rings is 2. The zero-order valence-corrected chi connectivity index (χ0v) is 13.6. The minimum absolute atomic E-state index is 0.0317. The molecule has 6 heteroatoms. The molecule has 0 saturated carbocycles. The van der Waals surface area contributed by atoms with Gasteiger partial charge in [0, 0.05) is 10.0 Å². The number of nitrogens with zero attached hydrogens (tertiary/aromatic N) is 1. The lowest BCUT2D eigenvalue weighted by atomic mass is 10.1. The Labute approximate surface area is 141 Å². The van der Waals surface area contributed by atoms with Crippen molar-refractivity contribution in [2.24, 2.45) is 0 Å². The predicted molar refractivity (Wildman–Crippen MR) is 89.3 cm³/mol. The standard InChI is InChI=1S/C17H13BrN2O3/c18-13-6-7-15(21)12(8-13)9-14-16(22)20(17(23)19-14)10-11-4-2-1-3-5-11/h1-9,21H,10H2,(H,19,23)/b14-9+. The van der Waals surface area contributed by atoms with E-state index in [0.717, 1.165) is 14.9 Å². The van der Waals surface area contributed by atoms with Crippen LogP contribution in [0.3, 0.4) is 0 Å². The SMILES string of the molecule is O=C1N/C(=C/c2cc(Br)ccc2O)C(=O)N1Cc1ccccc1. The Bertz CT molecular complexity index is 803. The number of aromatic hydroxyl groups is 1. The molecule has 5 nitrogen and oxygen atoms in total. The first-order valence-electron chi connectivity index (χ1n) is 6.91. The number of phenols is 1. The number of urea groups is 1. The summed E-state index contributed by atoms with van der Waals surface area (Å²) in [7, 11) is 0. The average Bonchev–Trinajstić information content (AvgIpc) is 2.80. The fourth-order valence-corrected chi connectivity index (χ4v) is 2.66. The summed E-state index contributed by atoms with van der Waals surface area (Å²) >= 11 is 3.31. The highest BCUT2D eigenvalue weighted by molar-refractivity contribution is 9.10. The Kier molecular flexibility index (Phi) is 4.16. The van der Waals surface area contributed by atoms with E-state index in [1.807, 2.05) is 30.3 Å². The highest BCUT2D eigenvalue weighted by Crippen LogP contribution is 2.25. The first-order valence-corrected chi connectivity index (χ1v) is 7.71. The molecule has 2 aromatic rings. The molecule has 1 fully saturated rings. The van der Waals surface area contributed by atoms with Gasteiger partial charge >= 0.3 is 6.03 Å². The van der Waals surface area contributed by atoms with Crippen LogP contribution >= 0.6 is 15.9 Å². The lowest BCUT2D eigenvalue weighted by Crippen LogP contribution is -2.30. The molecular weight excluding hydrogens is 360 g/mol. The molecule has 116 valence electrons. The molecule has 1 heterocycles. The third-order valence-electron chi connectivity index (χ3n) is 3.44. The van der Waals surface area contributed by atoms with Gasteiger partial charge in [0.05, 0.1) is 6.54 Å². The number of rotatable bonds is 3. The first kappa shape index (κ1) is 15.3. The number of hydrogen-bond donors (Lipinski definition) is 2. The summed E-state index contributed by atoms with van der Waals surface area (Å²) in [5, 5.41) is 12.4. The molecule has 0 spiro atoms. The number of carbonyl (C=O) groups is 2. The summed E-state index contributed by atoms with van der Waals surface area (Å²) < 4.78 is 0.764. The number of halogens is 1. The van der Waals surface area contributed by atoms with Gasteiger partial charge in [0.1, 0.15) is 11.4 Å². The van der Waals surface area contributed by atoms with E-state index in [2.05, 4.69) is 21.2 Å². The van der Waals surface area contributed by atoms with Crippen LogP contribution in [0.5, 0.6) is 5.75 Å². The Morgan fingerprint density at radius 1 is 1.13 bits per heavy atom. The fraction of sp³-hybridized carbons (Fsp3) is 0.0588. The van der Waals surface area contributed by atoms with Crippen molar-refractivity contribution in [1.29, 1.82) is 0 Å². The second-order valence-electron chi connectivity index (χ2n) is 5.07. The number of amides is 3. The van der Waals surface area contributed by atoms with Gasteiger partial charge < -0.3 is 10.4 Å². The Hall–Kier alpha value is -2.60. The summed E-state index contributed by atoms with van der Waals surface area (Å²) in [6, 6.07) is 13.7. The zero-order valence-electron chi connectivity index (χ0n) is 12.0. The van der Waals surface area contributed by atoms with Crippen molar-refractivity contribution in [2.75, 3.05) is 0 Å². The van der Waals surface area contributed by atoms with Crippen LogP contribution in [-0.2, 0) is 11.3 Å². The Morgan fingerprint density at radius 2 is 1.87 bits per heavy atom. The summed E-state index contributed by atoms with van der Waals surface area (Å²) in [4.78, 5) is 25.6. The third kappa shape index (κ3) is 3.27. The van der Waals surface area contributed by atoms with Gasteiger partial charge in [-0.05, 0) is 29.8 Å². The lowest BCUT2D eigenvalue weighted by molar-refractivity contribution is -0.123. The Balaban J connectivity index is 1.86. The van der Waals surface area contributed by atoms with E-state index in [1.165, 1.54) is 12.1 Å². The lowest BCUT2D eigenvalue weighted by Gasteiger charge is -2.11. The smallest absolute Gasteiger partial charge is 0.329 e. The maximum absolute atomic E-state index is 12.4. The predicted octanol–water partition coefficient (Wildman–Crippen LogP) is 3.25. The van der Waals surface area contributed by atoms with Gasteiger partial charge in [-0.2, -0.15) is 0 Å². The molecule has 0 radical (unpaired) electrons. The molecule has 1 aliphatic rings. The van der Waals surface area contributed by atoms with E-state index in [0.29, 0.717) is 5.56 Å². The monoisotopic (exact) mass is 372 g/mol. The van der Waals surface area contributed by atoms with Crippen LogP contribution in [-0.4, -0.2) is 21.9 Å². The molecule has 3 amide bonds. The van der Waals surface area contributed by atoms with Crippen LogP contribution < -0.4 is 5.32 Å². The molecule has 3 rings (SSSR count). The zero-order chi connectivity index (χ0) is 16.4. The second kappa shape index (κ2) is 6.26. The molecule has 0 atom stereocenters. The van der Waals surface area contributed by atoms with Gasteiger partial charge in [0.2, 0.25) is 0 Å². The van der Waals surface area contributed by atoms with Gasteiger partial charge in [0.25, 0.3) is 5.91 Å². The number of phenolic OH excluding ortho intramolecular Hbond substituents is 1. The third-order valence-corrected chi connectivity index (χ3v) is 3.93. The van der Waals surface area contributed by atoms with Crippen LogP contribution in [0.2, 0.25) is 0 Å². The molecule has 0 aliphatic carbocycles. The van der Waals surface area contributed by atoms with Crippen molar-refractivity contribution >= 4 is 33.9 Å². The maximum Gasteiger partial charge on any atom is 0.329 e. The first-order chi connectivity index (χ1) is 11.0. The van der Waals surface area contributed by atoms with Gasteiger partial charge in [-0.15, -0.1) is 0 Å². The quantitative estimate of drug-likeness (QED) is 0.641. The van der Waals surface area contributed by atoms with Crippen molar-refractivity contribution in [3.63, 3.8) is 0 Å². The Morgan fingerprint density at radius 3 is 2.61 bits per heavy atom. The molecular formula is C17H13BrN2O3. The highest BCUT2D eigenvalue weighted by atomic mass is 79.9. The van der Waals surface area contributed by atoms with Crippen LogP contribution in [0.25, 0.3) is 6.08 Å². The van der Waals surface area contributed by atoms with Crippen LogP contribution in [0.1, 0.15) is 11.1 Å². The van der Waals surface area contributed by atoms with Crippen LogP contribution in [0.15, 0.2) is 58.7 Å². The minimum Gasteiger partial charge on any atom is -0.507 e. The largest absolute Gasteiger partial charge is 0.507 e. The second-order valence-corrected chi connectivity index (χ2v) is 5.98. The summed E-state index contributed by atoms with van der Waals surface area (Å²) in [5.74, 6) is -0.387. The van der Waals surface area contributed by atoms with E-state index in [1.54, 1.807) is 12.1 Å². The number of nitrogens with one attached hydrogen (secondary N) is 1. The van der Waals surface area contributed by atoms with Crippen LogP contribution in [0.4, 0.5) is 4.79 Å². The van der Waals surface area contributed by atoms with Gasteiger partial charge in [0.15, 0.2) is 0 Å². The molecule has 0 unspecified atom stereocenters. The molecule has 23 heavy (non-hydrogen) atoms. The van der Waals surface area contributed by atoms with E-state index in [9.17, 15) is 14.7 Å². The molecule has 0 aromatic heterocycles. The number of carbonyl (C=O) groups excluding carboxylic acids is 2. The van der Waals surface area contributed by atoms with E-state index in [-0.39, 0.29) is 18.0 Å². The van der Waals surface area contributed by atoms with Crippen molar-refractivity contribution in [3.05, 3.63) is 69.8 Å². The minimum atomic E-state index is -0.473. The molecule has 1 saturated heterocycles. The summed E-state index contributed by atoms with van der Waals surface area (Å²) in [6.45, 7) is 0.202. The van der Waals surface area contributed by atoms with Crippen LogP contribution in [0, 0.1) is 0 Å². The van der Waals surface area contributed by atoms with Gasteiger partial charge in [-0.1, -0.05) is 46.3 Å². The van der Waals surface area contributed by atoms with Crippen molar-refractivity contribution in [1.82, 2.24) is 10.2 Å². The maximum atomic E-state index is 12.4. The fourth-order valence-electron chi connectivity index (χ4n) is 2.28. The average molecular weight is 373 g/mol. The van der Waals surface area contributed by atoms with Crippen molar-refractivity contribution < 1.29 is 14.7 Å². The van der Waals surface area contributed by atoms with E-state index in [4.69, 9.17) is 0 Å². The highest BCUT2D eigenvalue weighted by Gasteiger charge is 2.33. The molecule has 2 aromatic carbocycles. The topological polar surface area (TPSA) is 69.6 Å². The van der Waals surface area contributed by atoms with Gasteiger partial charge in [-0.25, -0.2) is 4.79 Å². The molecule has 1 aliphatic heterocycles. The number of imide groups is 1. The molecule has 2 N–H and O–H groups in total. The summed E-state index contributed by atoms with van der Waals surface area (Å²) in [5.41, 5.74) is 1.45. The van der Waals surface area contributed by atoms with E-state index >= 15 is 0 Å².